The highest BCUT2D eigenvalue weighted by Gasteiger charge is 2.49. The van der Waals surface area contributed by atoms with Gasteiger partial charge in [0.15, 0.2) is 12.4 Å². The first kappa shape index (κ1) is 51.2. The molecule has 1 unspecified atom stereocenters. The number of nitrogens with one attached hydrogen (secondary N) is 1. The topological polar surface area (TPSA) is 150 Å². The minimum absolute atomic E-state index is 0.250. The molecule has 1 saturated heterocycles. The summed E-state index contributed by atoms with van der Waals surface area (Å²) in [7, 11) is -1.55. The molecule has 0 aromatic carbocycles. The minimum Gasteiger partial charge on any atom is -0.462 e. The lowest BCUT2D eigenvalue weighted by atomic mass is 9.96. The summed E-state index contributed by atoms with van der Waals surface area (Å²) in [4.78, 5) is 39.4. The van der Waals surface area contributed by atoms with Crippen LogP contribution in [0, 0.1) is 0 Å². The highest BCUT2D eigenvalue weighted by molar-refractivity contribution is 6.76. The Labute approximate surface area is 341 Å². The molecule has 0 aromatic rings. The third-order valence-electron chi connectivity index (χ3n) is 9.46. The zero-order valence-corrected chi connectivity index (χ0v) is 37.0. The number of halogens is 3. The van der Waals surface area contributed by atoms with Crippen LogP contribution in [0.5, 0.6) is 0 Å². The Hall–Kier alpha value is -0.863. The zero-order valence-electron chi connectivity index (χ0n) is 33.7. The van der Waals surface area contributed by atoms with E-state index in [0.29, 0.717) is 6.42 Å². The van der Waals surface area contributed by atoms with Crippen molar-refractivity contribution in [2.45, 2.75) is 208 Å². The van der Waals surface area contributed by atoms with E-state index >= 15 is 0 Å². The predicted molar refractivity (Wildman–Crippen MR) is 218 cm³/mol. The summed E-state index contributed by atoms with van der Waals surface area (Å²) in [6.07, 6.45) is 12.3. The van der Waals surface area contributed by atoms with Crippen molar-refractivity contribution in [3.63, 3.8) is 0 Å². The summed E-state index contributed by atoms with van der Waals surface area (Å²) in [5, 5.41) is 23.8. The van der Waals surface area contributed by atoms with Crippen LogP contribution in [0.3, 0.4) is 0 Å². The van der Waals surface area contributed by atoms with Gasteiger partial charge in [-0.25, -0.2) is 4.79 Å². The van der Waals surface area contributed by atoms with Gasteiger partial charge in [-0.05, 0) is 25.3 Å². The molecule has 54 heavy (non-hydrogen) atoms. The molecule has 6 atom stereocenters. The average molecular weight is 849 g/mol. The van der Waals surface area contributed by atoms with E-state index in [1.54, 1.807) is 0 Å². The van der Waals surface area contributed by atoms with Gasteiger partial charge in [0.25, 0.3) is 0 Å². The average Bonchev–Trinajstić information content (AvgIpc) is 3.09. The van der Waals surface area contributed by atoms with E-state index in [2.05, 4.69) is 38.8 Å². The second-order valence-corrected chi connectivity index (χ2v) is 24.0. The number of esters is 2. The smallest absolute Gasteiger partial charge is 0.407 e. The zero-order chi connectivity index (χ0) is 40.4. The van der Waals surface area contributed by atoms with E-state index in [-0.39, 0.29) is 25.4 Å². The molecule has 1 rings (SSSR count). The maximum atomic E-state index is 13.6. The van der Waals surface area contributed by atoms with E-state index in [9.17, 15) is 24.6 Å². The number of ether oxygens (including phenoxy) is 5. The number of hydrogen-bond acceptors (Lipinski definition) is 10. The van der Waals surface area contributed by atoms with Gasteiger partial charge in [-0.2, -0.15) is 0 Å². The van der Waals surface area contributed by atoms with Crippen molar-refractivity contribution in [3.05, 3.63) is 0 Å². The molecule has 1 aliphatic heterocycles. The van der Waals surface area contributed by atoms with Crippen LogP contribution >= 0.6 is 34.8 Å². The molecule has 0 radical (unpaired) electrons. The molecule has 1 aliphatic rings. The van der Waals surface area contributed by atoms with Gasteiger partial charge in [0, 0.05) is 21.1 Å². The Balaban J connectivity index is 3.03. The van der Waals surface area contributed by atoms with Crippen LogP contribution in [0.25, 0.3) is 0 Å². The number of unbranched alkanes of at least 4 members (excludes halogenated alkanes) is 15. The maximum absolute atomic E-state index is 13.6. The third kappa shape index (κ3) is 25.4. The van der Waals surface area contributed by atoms with Gasteiger partial charge in [0.1, 0.15) is 31.0 Å². The Morgan fingerprint density at radius 1 is 0.815 bits per heavy atom. The largest absolute Gasteiger partial charge is 0.462 e. The molecule has 0 spiro atoms. The van der Waals surface area contributed by atoms with Gasteiger partial charge in [0.05, 0.1) is 13.0 Å². The Bertz CT molecular complexity index is 1020. The van der Waals surface area contributed by atoms with Crippen LogP contribution in [0.1, 0.15) is 142 Å². The minimum atomic E-state index is -1.88. The molecule has 0 saturated carbocycles. The van der Waals surface area contributed by atoms with Crippen LogP contribution in [0.15, 0.2) is 0 Å². The normalized spacial score (nSPS) is 21.0. The first-order valence-electron chi connectivity index (χ1n) is 20.5. The number of hydrogen-bond donors (Lipinski definition) is 3. The van der Waals surface area contributed by atoms with Crippen molar-refractivity contribution in [2.24, 2.45) is 0 Å². The molecular weight excluding hydrogens is 777 g/mol. The van der Waals surface area contributed by atoms with Gasteiger partial charge in [-0.15, -0.1) is 0 Å². The quantitative estimate of drug-likeness (QED) is 0.0210. The number of amides is 1. The first-order valence-corrected chi connectivity index (χ1v) is 25.4. The summed E-state index contributed by atoms with van der Waals surface area (Å²) in [5.74, 6) is -1.10. The van der Waals surface area contributed by atoms with Gasteiger partial charge in [-0.1, -0.05) is 165 Å². The van der Waals surface area contributed by atoms with Crippen molar-refractivity contribution in [1.82, 2.24) is 5.32 Å². The SMILES string of the molecule is CCCCCCCCCCC[C@H](CC(=O)O[C@H]1[C@H](O)[C@@H](CO)OC(OCC[Si](C)(C)C)[C@@H]1NC(=O)OCC(Cl)(Cl)Cl)OC(=O)CCCCCCCCCC. The standard InChI is InChI=1S/C39H72Cl3NO10Si/c1-6-8-10-12-14-16-17-19-21-23-30(51-32(45)24-22-20-18-15-13-11-9-7-2)27-33(46)53-36-34(43-38(48)50-29-39(40,41)42)37(49-25-26-54(3,4)5)52-31(28-44)35(36)47/h30-31,34-37,44,47H,6-29H2,1-5H3,(H,43,48)/t30-,31-,34-,35-,36-,37?/m1/s1. The summed E-state index contributed by atoms with van der Waals surface area (Å²) >= 11 is 17.3. The molecule has 15 heteroatoms. The molecule has 1 fully saturated rings. The lowest BCUT2D eigenvalue weighted by Gasteiger charge is -2.43. The van der Waals surface area contributed by atoms with Crippen LogP contribution < -0.4 is 5.32 Å². The van der Waals surface area contributed by atoms with E-state index in [4.69, 9.17) is 58.5 Å². The van der Waals surface area contributed by atoms with Gasteiger partial charge in [-0.3, -0.25) is 9.59 Å². The maximum Gasteiger partial charge on any atom is 0.407 e. The Morgan fingerprint density at radius 2 is 1.35 bits per heavy atom. The molecule has 3 N–H and O–H groups in total. The van der Waals surface area contributed by atoms with Crippen molar-refractivity contribution in [2.75, 3.05) is 19.8 Å². The third-order valence-corrected chi connectivity index (χ3v) is 11.5. The fourth-order valence-electron chi connectivity index (χ4n) is 6.23. The fraction of sp³-hybridized carbons (Fsp3) is 0.923. The van der Waals surface area contributed by atoms with E-state index in [1.807, 2.05) is 0 Å². The van der Waals surface area contributed by atoms with E-state index < -0.39 is 73.9 Å². The van der Waals surface area contributed by atoms with Gasteiger partial charge < -0.3 is 39.2 Å². The second kappa shape index (κ2) is 29.4. The van der Waals surface area contributed by atoms with Crippen LogP contribution in [0.4, 0.5) is 4.79 Å². The molecule has 0 bridgehead atoms. The molecule has 0 aromatic heterocycles. The van der Waals surface area contributed by atoms with Gasteiger partial charge >= 0.3 is 18.0 Å². The lowest BCUT2D eigenvalue weighted by Crippen LogP contribution is -2.66. The predicted octanol–water partition coefficient (Wildman–Crippen LogP) is 9.55. The summed E-state index contributed by atoms with van der Waals surface area (Å²) in [6, 6.07) is -0.504. The number of aliphatic hydroxyl groups is 2. The van der Waals surface area contributed by atoms with Crippen molar-refractivity contribution in [3.8, 4) is 0 Å². The molecule has 318 valence electrons. The molecule has 11 nitrogen and oxygen atoms in total. The Morgan fingerprint density at radius 3 is 1.87 bits per heavy atom. The van der Waals surface area contributed by atoms with Gasteiger partial charge in [0.2, 0.25) is 3.79 Å². The molecule has 1 heterocycles. The van der Waals surface area contributed by atoms with E-state index in [1.165, 1.54) is 57.8 Å². The second-order valence-electron chi connectivity index (χ2n) is 15.9. The van der Waals surface area contributed by atoms with Crippen LogP contribution in [-0.4, -0.2) is 96.7 Å². The molecular formula is C39H72Cl3NO10Si. The number of carbonyl (C=O) groups is 3. The van der Waals surface area contributed by atoms with Crippen molar-refractivity contribution in [1.29, 1.82) is 0 Å². The summed E-state index contributed by atoms with van der Waals surface area (Å²) in [5.41, 5.74) is 0. The molecule has 1 amide bonds. The summed E-state index contributed by atoms with van der Waals surface area (Å²) in [6.45, 7) is 9.98. The fourth-order valence-corrected chi connectivity index (χ4v) is 7.12. The number of aliphatic hydroxyl groups excluding tert-OH is 2. The number of alkyl carbamates (subject to hydrolysis) is 1. The highest BCUT2D eigenvalue weighted by Crippen LogP contribution is 2.28. The lowest BCUT2D eigenvalue weighted by molar-refractivity contribution is -0.272. The van der Waals surface area contributed by atoms with Crippen LogP contribution in [-0.2, 0) is 33.3 Å². The van der Waals surface area contributed by atoms with E-state index in [0.717, 1.165) is 57.4 Å². The highest BCUT2D eigenvalue weighted by atomic mass is 35.6. The van der Waals surface area contributed by atoms with Crippen molar-refractivity contribution < 1.29 is 48.3 Å². The Kier molecular flexibility index (Phi) is 27.8. The first-order chi connectivity index (χ1) is 25.6. The monoisotopic (exact) mass is 847 g/mol. The van der Waals surface area contributed by atoms with Crippen LogP contribution in [0.2, 0.25) is 25.7 Å². The summed E-state index contributed by atoms with van der Waals surface area (Å²) < 4.78 is 26.7. The number of carbonyl (C=O) groups excluding carboxylic acids is 3. The number of rotatable bonds is 30. The number of alkyl halides is 3. The molecule has 0 aliphatic carbocycles. The van der Waals surface area contributed by atoms with Crippen molar-refractivity contribution >= 4 is 60.9 Å².